The van der Waals surface area contributed by atoms with Crippen LogP contribution in [0.1, 0.15) is 55.2 Å². The highest BCUT2D eigenvalue weighted by Gasteiger charge is 2.10. The fourth-order valence-corrected chi connectivity index (χ4v) is 3.59. The number of unbranched alkanes of at least 4 members (excludes halogenated alkanes) is 2. The van der Waals surface area contributed by atoms with Gasteiger partial charge < -0.3 is 9.47 Å². The van der Waals surface area contributed by atoms with Crippen LogP contribution in [-0.4, -0.2) is 6.61 Å². The molecule has 0 amide bonds. The van der Waals surface area contributed by atoms with Gasteiger partial charge >= 0.3 is 0 Å². The van der Waals surface area contributed by atoms with E-state index in [1.54, 1.807) is 0 Å². The predicted molar refractivity (Wildman–Crippen MR) is 125 cm³/mol. The standard InChI is InChI=1S/C28H31NO2/c1-2-24-17-18-27(31-22-23-12-6-3-7-13-23)20-28(24)30-19-11-5-10-16-26(21-29)25-14-8-4-9-15-25/h3-4,6-9,12-15,17-18,20,26H,2,5,10-11,16,19,22H2,1H3. The molecular weight excluding hydrogens is 382 g/mol. The summed E-state index contributed by atoms with van der Waals surface area (Å²) in [6.07, 6.45) is 4.87. The lowest BCUT2D eigenvalue weighted by Gasteiger charge is -2.14. The summed E-state index contributed by atoms with van der Waals surface area (Å²) in [6, 6.07) is 28.8. The van der Waals surface area contributed by atoms with Gasteiger partial charge in [0.25, 0.3) is 0 Å². The van der Waals surface area contributed by atoms with E-state index < -0.39 is 0 Å². The SMILES string of the molecule is CCc1ccc(OCc2ccccc2)cc1OCCCCCC(C#N)c1ccccc1. The molecule has 0 aliphatic carbocycles. The van der Waals surface area contributed by atoms with E-state index in [1.165, 1.54) is 5.56 Å². The van der Waals surface area contributed by atoms with Crippen LogP contribution in [0, 0.1) is 11.3 Å². The van der Waals surface area contributed by atoms with E-state index >= 15 is 0 Å². The van der Waals surface area contributed by atoms with Crippen molar-refractivity contribution >= 4 is 0 Å². The van der Waals surface area contributed by atoms with Crippen molar-refractivity contribution in [2.45, 2.75) is 51.6 Å². The molecule has 3 nitrogen and oxygen atoms in total. The Hall–Kier alpha value is -3.25. The molecule has 0 N–H and O–H groups in total. The minimum Gasteiger partial charge on any atom is -0.493 e. The molecule has 0 aliphatic heterocycles. The summed E-state index contributed by atoms with van der Waals surface area (Å²) in [5.41, 5.74) is 3.46. The Bertz CT molecular complexity index is 948. The molecule has 0 aromatic heterocycles. The van der Waals surface area contributed by atoms with Crippen molar-refractivity contribution in [3.63, 3.8) is 0 Å². The zero-order valence-corrected chi connectivity index (χ0v) is 18.3. The van der Waals surface area contributed by atoms with Crippen molar-refractivity contribution in [3.05, 3.63) is 95.6 Å². The number of benzene rings is 3. The highest BCUT2D eigenvalue weighted by molar-refractivity contribution is 5.41. The van der Waals surface area contributed by atoms with Crippen molar-refractivity contribution in [3.8, 4) is 17.6 Å². The first kappa shape index (κ1) is 22.4. The van der Waals surface area contributed by atoms with Gasteiger partial charge in [-0.05, 0) is 42.0 Å². The minimum atomic E-state index is -0.0211. The number of ether oxygens (including phenoxy) is 2. The van der Waals surface area contributed by atoms with Crippen LogP contribution in [0.25, 0.3) is 0 Å². The summed E-state index contributed by atoms with van der Waals surface area (Å²) >= 11 is 0. The zero-order chi connectivity index (χ0) is 21.7. The van der Waals surface area contributed by atoms with Gasteiger partial charge in [0, 0.05) is 6.07 Å². The van der Waals surface area contributed by atoms with E-state index in [0.29, 0.717) is 13.2 Å². The molecule has 3 rings (SSSR count). The summed E-state index contributed by atoms with van der Waals surface area (Å²) in [7, 11) is 0. The maximum atomic E-state index is 9.44. The van der Waals surface area contributed by atoms with E-state index in [1.807, 2.05) is 60.7 Å². The Morgan fingerprint density at radius 3 is 2.29 bits per heavy atom. The van der Waals surface area contributed by atoms with E-state index in [2.05, 4.69) is 31.2 Å². The third-order valence-electron chi connectivity index (χ3n) is 5.42. The topological polar surface area (TPSA) is 42.2 Å². The van der Waals surface area contributed by atoms with E-state index in [4.69, 9.17) is 9.47 Å². The summed E-state index contributed by atoms with van der Waals surface area (Å²) in [6.45, 7) is 3.36. The molecule has 0 fully saturated rings. The number of nitrogens with zero attached hydrogens (tertiary/aromatic N) is 1. The Morgan fingerprint density at radius 1 is 0.839 bits per heavy atom. The van der Waals surface area contributed by atoms with Crippen molar-refractivity contribution < 1.29 is 9.47 Å². The fourth-order valence-electron chi connectivity index (χ4n) is 3.59. The van der Waals surface area contributed by atoms with Crippen LogP contribution in [0.2, 0.25) is 0 Å². The van der Waals surface area contributed by atoms with E-state index in [0.717, 1.165) is 54.7 Å². The molecule has 3 heteroatoms. The minimum absolute atomic E-state index is 0.0211. The van der Waals surface area contributed by atoms with Crippen LogP contribution in [-0.2, 0) is 13.0 Å². The van der Waals surface area contributed by atoms with Crippen molar-refractivity contribution in [1.29, 1.82) is 5.26 Å². The fraction of sp³-hybridized carbons (Fsp3) is 0.321. The van der Waals surface area contributed by atoms with Crippen LogP contribution in [0.15, 0.2) is 78.9 Å². The molecule has 1 atom stereocenters. The summed E-state index contributed by atoms with van der Waals surface area (Å²) in [5, 5.41) is 9.44. The van der Waals surface area contributed by atoms with Crippen molar-refractivity contribution in [2.24, 2.45) is 0 Å². The van der Waals surface area contributed by atoms with Crippen LogP contribution < -0.4 is 9.47 Å². The van der Waals surface area contributed by atoms with Gasteiger partial charge in [0.2, 0.25) is 0 Å². The normalized spacial score (nSPS) is 11.5. The quantitative estimate of drug-likeness (QED) is 0.298. The molecule has 0 aliphatic rings. The predicted octanol–water partition coefficient (Wildman–Crippen LogP) is 7.07. The van der Waals surface area contributed by atoms with Gasteiger partial charge in [-0.1, -0.05) is 86.5 Å². The van der Waals surface area contributed by atoms with Gasteiger partial charge in [0.05, 0.1) is 18.6 Å². The molecule has 0 spiro atoms. The molecule has 3 aromatic carbocycles. The van der Waals surface area contributed by atoms with Crippen LogP contribution in [0.4, 0.5) is 0 Å². The Morgan fingerprint density at radius 2 is 1.58 bits per heavy atom. The first-order valence-electron chi connectivity index (χ1n) is 11.2. The first-order valence-corrected chi connectivity index (χ1v) is 11.2. The van der Waals surface area contributed by atoms with Crippen LogP contribution >= 0.6 is 0 Å². The lowest BCUT2D eigenvalue weighted by atomic mass is 9.95. The third kappa shape index (κ3) is 7.19. The monoisotopic (exact) mass is 413 g/mol. The average molecular weight is 414 g/mol. The van der Waals surface area contributed by atoms with E-state index in [-0.39, 0.29) is 5.92 Å². The number of nitriles is 1. The van der Waals surface area contributed by atoms with Gasteiger partial charge in [-0.15, -0.1) is 0 Å². The number of hydrogen-bond donors (Lipinski definition) is 0. The van der Waals surface area contributed by atoms with E-state index in [9.17, 15) is 5.26 Å². The third-order valence-corrected chi connectivity index (χ3v) is 5.42. The van der Waals surface area contributed by atoms with Crippen molar-refractivity contribution in [2.75, 3.05) is 6.61 Å². The lowest BCUT2D eigenvalue weighted by molar-refractivity contribution is 0.288. The molecule has 160 valence electrons. The summed E-state index contributed by atoms with van der Waals surface area (Å²) < 4.78 is 12.0. The number of rotatable bonds is 12. The van der Waals surface area contributed by atoms with Crippen LogP contribution in [0.3, 0.4) is 0 Å². The maximum Gasteiger partial charge on any atom is 0.126 e. The molecule has 0 saturated heterocycles. The van der Waals surface area contributed by atoms with Gasteiger partial charge in [-0.2, -0.15) is 5.26 Å². The second-order valence-corrected chi connectivity index (χ2v) is 7.69. The van der Waals surface area contributed by atoms with Gasteiger partial charge in [-0.3, -0.25) is 0 Å². The summed E-state index contributed by atoms with van der Waals surface area (Å²) in [5.74, 6) is 1.72. The molecular formula is C28H31NO2. The molecule has 3 aromatic rings. The Labute approximate surface area is 186 Å². The average Bonchev–Trinajstić information content (AvgIpc) is 2.83. The second kappa shape index (κ2) is 12.4. The maximum absolute atomic E-state index is 9.44. The Kier molecular flexibility index (Phi) is 9.01. The largest absolute Gasteiger partial charge is 0.493 e. The Balaban J connectivity index is 1.43. The first-order chi connectivity index (χ1) is 15.3. The molecule has 0 heterocycles. The van der Waals surface area contributed by atoms with Crippen molar-refractivity contribution in [1.82, 2.24) is 0 Å². The molecule has 1 unspecified atom stereocenters. The summed E-state index contributed by atoms with van der Waals surface area (Å²) in [4.78, 5) is 0. The number of hydrogen-bond acceptors (Lipinski definition) is 3. The molecule has 0 saturated carbocycles. The van der Waals surface area contributed by atoms with Crippen LogP contribution in [0.5, 0.6) is 11.5 Å². The van der Waals surface area contributed by atoms with Gasteiger partial charge in [0.15, 0.2) is 0 Å². The smallest absolute Gasteiger partial charge is 0.126 e. The highest BCUT2D eigenvalue weighted by Crippen LogP contribution is 2.27. The molecule has 0 radical (unpaired) electrons. The van der Waals surface area contributed by atoms with Gasteiger partial charge in [0.1, 0.15) is 18.1 Å². The second-order valence-electron chi connectivity index (χ2n) is 7.69. The number of aryl methyl sites for hydroxylation is 1. The molecule has 31 heavy (non-hydrogen) atoms. The lowest BCUT2D eigenvalue weighted by Crippen LogP contribution is -2.02. The highest BCUT2D eigenvalue weighted by atomic mass is 16.5. The zero-order valence-electron chi connectivity index (χ0n) is 18.3. The molecule has 0 bridgehead atoms. The van der Waals surface area contributed by atoms with Gasteiger partial charge in [-0.25, -0.2) is 0 Å².